The molecule has 26 heavy (non-hydrogen) atoms. The minimum Gasteiger partial charge on any atom is -0.303 e. The molecule has 9 heteroatoms. The Kier molecular flexibility index (Phi) is 7.50. The van der Waals surface area contributed by atoms with Crippen LogP contribution in [0.3, 0.4) is 0 Å². The van der Waals surface area contributed by atoms with Gasteiger partial charge < -0.3 is 4.90 Å². The number of alkyl halides is 3. The maximum atomic E-state index is 12.7. The van der Waals surface area contributed by atoms with Crippen LogP contribution in [0.25, 0.3) is 0 Å². The van der Waals surface area contributed by atoms with E-state index in [0.29, 0.717) is 19.4 Å². The molecule has 2 aliphatic rings. The average Bonchev–Trinajstić information content (AvgIpc) is 2.97. The second-order valence-electron chi connectivity index (χ2n) is 7.46. The summed E-state index contributed by atoms with van der Waals surface area (Å²) in [4.78, 5) is 14.9. The van der Waals surface area contributed by atoms with E-state index in [2.05, 4.69) is 4.90 Å². The second kappa shape index (κ2) is 9.01. The fraction of sp³-hybridized carbons (Fsp3) is 0.941. The molecule has 2 heterocycles. The van der Waals surface area contributed by atoms with Crippen LogP contribution in [0.5, 0.6) is 0 Å². The van der Waals surface area contributed by atoms with Gasteiger partial charge in [0.25, 0.3) is 0 Å². The number of hydrogen-bond acceptors (Lipinski definition) is 4. The summed E-state index contributed by atoms with van der Waals surface area (Å²) in [6, 6.07) is 0. The van der Waals surface area contributed by atoms with Crippen molar-refractivity contribution < 1.29 is 26.4 Å². The van der Waals surface area contributed by atoms with E-state index < -0.39 is 27.9 Å². The number of hydrogen-bond donors (Lipinski definition) is 0. The van der Waals surface area contributed by atoms with Gasteiger partial charge in [-0.25, -0.2) is 12.7 Å². The van der Waals surface area contributed by atoms with E-state index in [-0.39, 0.29) is 24.8 Å². The smallest absolute Gasteiger partial charge is 0.303 e. The van der Waals surface area contributed by atoms with Gasteiger partial charge in [-0.1, -0.05) is 19.8 Å². The van der Waals surface area contributed by atoms with Crippen molar-refractivity contribution in [1.82, 2.24) is 9.21 Å². The number of halogens is 3. The van der Waals surface area contributed by atoms with Gasteiger partial charge in [0.05, 0.1) is 0 Å². The molecule has 2 atom stereocenters. The summed E-state index contributed by atoms with van der Waals surface area (Å²) >= 11 is 0. The summed E-state index contributed by atoms with van der Waals surface area (Å²) in [5.74, 6) is -2.54. The maximum absolute atomic E-state index is 12.7. The van der Waals surface area contributed by atoms with Gasteiger partial charge >= 0.3 is 6.18 Å². The van der Waals surface area contributed by atoms with Crippen molar-refractivity contribution in [2.24, 2.45) is 11.8 Å². The first-order chi connectivity index (χ1) is 12.1. The van der Waals surface area contributed by atoms with Crippen LogP contribution in [-0.2, 0) is 14.8 Å². The van der Waals surface area contributed by atoms with Crippen molar-refractivity contribution in [3.63, 3.8) is 0 Å². The minimum absolute atomic E-state index is 0.0151. The van der Waals surface area contributed by atoms with Crippen molar-refractivity contribution in [2.75, 3.05) is 38.5 Å². The van der Waals surface area contributed by atoms with Crippen molar-refractivity contribution in [3.8, 4) is 0 Å². The Bertz CT molecular complexity index is 574. The Labute approximate surface area is 154 Å². The van der Waals surface area contributed by atoms with Crippen LogP contribution in [0, 0.1) is 11.8 Å². The Morgan fingerprint density at radius 1 is 1.12 bits per heavy atom. The van der Waals surface area contributed by atoms with Crippen molar-refractivity contribution in [1.29, 1.82) is 0 Å². The SMILES string of the molecule is CCC[C@H]1CN(S(=O)(=O)CC(F)(F)F)CC1C(=O)CCN1CCCCC1. The summed E-state index contributed by atoms with van der Waals surface area (Å²) in [7, 11) is -4.43. The largest absolute Gasteiger partial charge is 0.404 e. The predicted molar refractivity (Wildman–Crippen MR) is 93.2 cm³/mol. The number of nitrogens with zero attached hydrogens (tertiary/aromatic N) is 2. The molecule has 0 saturated carbocycles. The third-order valence-corrected chi connectivity index (χ3v) is 7.12. The van der Waals surface area contributed by atoms with Crippen LogP contribution in [0.4, 0.5) is 13.2 Å². The molecule has 0 bridgehead atoms. The molecule has 2 fully saturated rings. The molecule has 152 valence electrons. The zero-order valence-electron chi connectivity index (χ0n) is 15.3. The molecule has 2 aliphatic heterocycles. The fourth-order valence-electron chi connectivity index (χ4n) is 4.02. The first kappa shape index (κ1) is 21.6. The molecule has 0 amide bonds. The standard InChI is InChI=1S/C17H29F3N2O3S/c1-2-6-14-11-22(26(24,25)13-17(18,19)20)12-15(14)16(23)7-10-21-8-4-3-5-9-21/h14-15H,2-13H2,1H3/t14-,15?/m0/s1. The molecule has 0 spiro atoms. The monoisotopic (exact) mass is 398 g/mol. The predicted octanol–water partition coefficient (Wildman–Crippen LogP) is 2.67. The summed E-state index contributed by atoms with van der Waals surface area (Å²) in [6.07, 6.45) is 0.454. The van der Waals surface area contributed by atoms with Gasteiger partial charge in [-0.3, -0.25) is 4.79 Å². The fourth-order valence-corrected chi connectivity index (χ4v) is 5.42. The van der Waals surface area contributed by atoms with Gasteiger partial charge in [-0.2, -0.15) is 13.2 Å². The summed E-state index contributed by atoms with van der Waals surface area (Å²) in [5.41, 5.74) is 0. The molecule has 0 aromatic rings. The zero-order chi connectivity index (χ0) is 19.4. The Morgan fingerprint density at radius 2 is 1.77 bits per heavy atom. The zero-order valence-corrected chi connectivity index (χ0v) is 16.1. The first-order valence-electron chi connectivity index (χ1n) is 9.42. The molecular formula is C17H29F3N2O3S. The molecule has 1 unspecified atom stereocenters. The first-order valence-corrected chi connectivity index (χ1v) is 11.0. The lowest BCUT2D eigenvalue weighted by Gasteiger charge is -2.26. The molecule has 0 N–H and O–H groups in total. The molecule has 2 saturated heterocycles. The van der Waals surface area contributed by atoms with Crippen molar-refractivity contribution in [3.05, 3.63) is 0 Å². The molecule has 0 aromatic carbocycles. The molecule has 0 aromatic heterocycles. The molecule has 5 nitrogen and oxygen atoms in total. The van der Waals surface area contributed by atoms with Crippen LogP contribution in [0.15, 0.2) is 0 Å². The van der Waals surface area contributed by atoms with E-state index in [1.165, 1.54) is 6.42 Å². The normalized spacial score (nSPS) is 26.3. The summed E-state index contributed by atoms with van der Waals surface area (Å²) < 4.78 is 62.7. The van der Waals surface area contributed by atoms with E-state index in [1.54, 1.807) is 0 Å². The van der Waals surface area contributed by atoms with Gasteiger partial charge in [0.1, 0.15) is 5.78 Å². The molecular weight excluding hydrogens is 369 g/mol. The molecule has 2 rings (SSSR count). The number of carbonyl (C=O) groups excluding carboxylic acids is 1. The number of Topliss-reactive ketones (excluding diaryl/α,β-unsaturated/α-hetero) is 1. The lowest BCUT2D eigenvalue weighted by Crippen LogP contribution is -2.37. The number of piperidine rings is 1. The van der Waals surface area contributed by atoms with Crippen LogP contribution in [-0.4, -0.2) is 68.1 Å². The van der Waals surface area contributed by atoms with Gasteiger partial charge in [0, 0.05) is 32.0 Å². The second-order valence-corrected chi connectivity index (χ2v) is 9.43. The third kappa shape index (κ3) is 6.20. The highest BCUT2D eigenvalue weighted by molar-refractivity contribution is 7.89. The highest BCUT2D eigenvalue weighted by atomic mass is 32.2. The van der Waals surface area contributed by atoms with E-state index >= 15 is 0 Å². The van der Waals surface area contributed by atoms with E-state index in [0.717, 1.165) is 36.7 Å². The van der Waals surface area contributed by atoms with E-state index in [9.17, 15) is 26.4 Å². The quantitative estimate of drug-likeness (QED) is 0.631. The lowest BCUT2D eigenvalue weighted by atomic mass is 9.87. The van der Waals surface area contributed by atoms with Crippen LogP contribution in [0.1, 0.15) is 45.4 Å². The van der Waals surface area contributed by atoms with E-state index in [1.807, 2.05) is 6.92 Å². The summed E-state index contributed by atoms with van der Waals surface area (Å²) in [6.45, 7) is 4.45. The van der Waals surface area contributed by atoms with Gasteiger partial charge in [-0.15, -0.1) is 0 Å². The highest BCUT2D eigenvalue weighted by Crippen LogP contribution is 2.32. The maximum Gasteiger partial charge on any atom is 0.404 e. The Hall–Kier alpha value is -0.670. The molecule has 0 aliphatic carbocycles. The highest BCUT2D eigenvalue weighted by Gasteiger charge is 2.45. The van der Waals surface area contributed by atoms with Gasteiger partial charge in [0.2, 0.25) is 10.0 Å². The van der Waals surface area contributed by atoms with E-state index in [4.69, 9.17) is 0 Å². The van der Waals surface area contributed by atoms with Crippen LogP contribution >= 0.6 is 0 Å². The third-order valence-electron chi connectivity index (χ3n) is 5.34. The van der Waals surface area contributed by atoms with Crippen LogP contribution < -0.4 is 0 Å². The summed E-state index contributed by atoms with van der Waals surface area (Å²) in [5, 5.41) is 0. The Morgan fingerprint density at radius 3 is 2.35 bits per heavy atom. The minimum atomic E-state index is -4.77. The number of carbonyl (C=O) groups is 1. The number of ketones is 1. The van der Waals surface area contributed by atoms with Crippen LogP contribution in [0.2, 0.25) is 0 Å². The number of sulfonamides is 1. The molecule has 0 radical (unpaired) electrons. The van der Waals surface area contributed by atoms with Crippen molar-refractivity contribution in [2.45, 2.75) is 51.6 Å². The topological polar surface area (TPSA) is 57.7 Å². The van der Waals surface area contributed by atoms with Gasteiger partial charge in [-0.05, 0) is 38.3 Å². The Balaban J connectivity index is 1.98. The number of rotatable bonds is 8. The lowest BCUT2D eigenvalue weighted by molar-refractivity contribution is -0.124. The van der Waals surface area contributed by atoms with Crippen molar-refractivity contribution >= 4 is 15.8 Å². The van der Waals surface area contributed by atoms with Gasteiger partial charge in [0.15, 0.2) is 5.75 Å². The number of likely N-dealkylation sites (tertiary alicyclic amines) is 1. The average molecular weight is 398 g/mol.